The van der Waals surface area contributed by atoms with Crippen molar-refractivity contribution >= 4 is 16.7 Å². The highest BCUT2D eigenvalue weighted by molar-refractivity contribution is 5.90. The second-order valence-electron chi connectivity index (χ2n) is 5.42. The average Bonchev–Trinajstić information content (AvgIpc) is 2.62. The summed E-state index contributed by atoms with van der Waals surface area (Å²) in [5.41, 5.74) is 1.93. The molecule has 0 atom stereocenters. The third-order valence-electron chi connectivity index (χ3n) is 3.77. The van der Waals surface area contributed by atoms with E-state index in [1.807, 2.05) is 42.5 Å². The van der Waals surface area contributed by atoms with Gasteiger partial charge < -0.3 is 10.1 Å². The molecular formula is C19H21N3O. The van der Waals surface area contributed by atoms with Crippen molar-refractivity contribution in [3.8, 4) is 17.1 Å². The molecule has 0 aliphatic heterocycles. The molecule has 0 amide bonds. The Bertz CT molecular complexity index is 784. The summed E-state index contributed by atoms with van der Waals surface area (Å²) in [5, 5.41) is 4.50. The minimum absolute atomic E-state index is 0.727. The van der Waals surface area contributed by atoms with E-state index in [0.717, 1.165) is 53.2 Å². The van der Waals surface area contributed by atoms with Gasteiger partial charge in [0.2, 0.25) is 0 Å². The first-order valence-electron chi connectivity index (χ1n) is 7.97. The van der Waals surface area contributed by atoms with Crippen molar-refractivity contribution in [3.63, 3.8) is 0 Å². The number of anilines is 1. The van der Waals surface area contributed by atoms with E-state index in [-0.39, 0.29) is 0 Å². The predicted octanol–water partition coefficient (Wildman–Crippen LogP) is 4.52. The molecule has 1 heterocycles. The summed E-state index contributed by atoms with van der Waals surface area (Å²) in [6.45, 7) is 3.10. The number of nitrogens with zero attached hydrogens (tertiary/aromatic N) is 2. The molecule has 23 heavy (non-hydrogen) atoms. The van der Waals surface area contributed by atoms with Crippen molar-refractivity contribution in [2.45, 2.75) is 19.8 Å². The SMILES string of the molecule is CCCCNc1nc(-c2ccc(OC)cc2)nc2ccccc12. The van der Waals surface area contributed by atoms with Crippen LogP contribution >= 0.6 is 0 Å². The summed E-state index contributed by atoms with van der Waals surface area (Å²) in [4.78, 5) is 9.43. The highest BCUT2D eigenvalue weighted by Crippen LogP contribution is 2.26. The van der Waals surface area contributed by atoms with E-state index in [0.29, 0.717) is 0 Å². The maximum absolute atomic E-state index is 5.21. The van der Waals surface area contributed by atoms with Crippen molar-refractivity contribution in [3.05, 3.63) is 48.5 Å². The molecule has 0 saturated heterocycles. The first kappa shape index (κ1) is 15.3. The van der Waals surface area contributed by atoms with Gasteiger partial charge in [0.15, 0.2) is 5.82 Å². The van der Waals surface area contributed by atoms with Gasteiger partial charge in [-0.2, -0.15) is 0 Å². The lowest BCUT2D eigenvalue weighted by atomic mass is 10.1. The topological polar surface area (TPSA) is 47.0 Å². The number of unbranched alkanes of at least 4 members (excludes halogenated alkanes) is 1. The summed E-state index contributed by atoms with van der Waals surface area (Å²) in [6, 6.07) is 15.9. The molecule has 4 nitrogen and oxygen atoms in total. The van der Waals surface area contributed by atoms with Crippen molar-refractivity contribution < 1.29 is 4.74 Å². The molecule has 0 aliphatic carbocycles. The van der Waals surface area contributed by atoms with Gasteiger partial charge in [-0.05, 0) is 42.8 Å². The number of hydrogen-bond donors (Lipinski definition) is 1. The molecular weight excluding hydrogens is 286 g/mol. The number of benzene rings is 2. The van der Waals surface area contributed by atoms with E-state index in [1.54, 1.807) is 7.11 Å². The van der Waals surface area contributed by atoms with Gasteiger partial charge in [-0.25, -0.2) is 9.97 Å². The Kier molecular flexibility index (Phi) is 4.71. The fraction of sp³-hybridized carbons (Fsp3) is 0.263. The third kappa shape index (κ3) is 3.42. The van der Waals surface area contributed by atoms with Crippen LogP contribution in [0.3, 0.4) is 0 Å². The van der Waals surface area contributed by atoms with Crippen molar-refractivity contribution in [1.29, 1.82) is 0 Å². The van der Waals surface area contributed by atoms with Crippen molar-refractivity contribution in [2.75, 3.05) is 19.0 Å². The highest BCUT2D eigenvalue weighted by Gasteiger charge is 2.09. The van der Waals surface area contributed by atoms with Gasteiger partial charge in [-0.3, -0.25) is 0 Å². The minimum Gasteiger partial charge on any atom is -0.497 e. The van der Waals surface area contributed by atoms with Gasteiger partial charge in [0.1, 0.15) is 11.6 Å². The monoisotopic (exact) mass is 307 g/mol. The minimum atomic E-state index is 0.727. The molecule has 1 N–H and O–H groups in total. The molecule has 1 aromatic heterocycles. The van der Waals surface area contributed by atoms with Crippen molar-refractivity contribution in [1.82, 2.24) is 9.97 Å². The predicted molar refractivity (Wildman–Crippen MR) is 94.9 cm³/mol. The van der Waals surface area contributed by atoms with Crippen LogP contribution in [0.2, 0.25) is 0 Å². The molecule has 0 fully saturated rings. The van der Waals surface area contributed by atoms with E-state index in [1.165, 1.54) is 0 Å². The molecule has 0 spiro atoms. The first-order valence-corrected chi connectivity index (χ1v) is 7.97. The quantitative estimate of drug-likeness (QED) is 0.680. The van der Waals surface area contributed by atoms with Crippen LogP contribution in [0, 0.1) is 0 Å². The molecule has 118 valence electrons. The number of aromatic nitrogens is 2. The number of nitrogens with one attached hydrogen (secondary N) is 1. The van der Waals surface area contributed by atoms with Crippen molar-refractivity contribution in [2.24, 2.45) is 0 Å². The average molecular weight is 307 g/mol. The molecule has 3 rings (SSSR count). The smallest absolute Gasteiger partial charge is 0.162 e. The molecule has 2 aromatic carbocycles. The number of fused-ring (bicyclic) bond motifs is 1. The van der Waals surface area contributed by atoms with Crippen LogP contribution in [-0.4, -0.2) is 23.6 Å². The van der Waals surface area contributed by atoms with Crippen LogP contribution in [0.5, 0.6) is 5.75 Å². The molecule has 0 saturated carbocycles. The standard InChI is InChI=1S/C19H21N3O/c1-3-4-13-20-19-16-7-5-6-8-17(16)21-18(22-19)14-9-11-15(23-2)12-10-14/h5-12H,3-4,13H2,1-2H3,(H,20,21,22). The van der Waals surface area contributed by atoms with Gasteiger partial charge >= 0.3 is 0 Å². The maximum atomic E-state index is 5.21. The van der Waals surface area contributed by atoms with Crippen LogP contribution in [0.4, 0.5) is 5.82 Å². The number of hydrogen-bond acceptors (Lipinski definition) is 4. The van der Waals surface area contributed by atoms with Gasteiger partial charge in [-0.1, -0.05) is 25.5 Å². The Morgan fingerprint density at radius 3 is 2.52 bits per heavy atom. The Hall–Kier alpha value is -2.62. The highest BCUT2D eigenvalue weighted by atomic mass is 16.5. The Labute approximate surface area is 136 Å². The molecule has 0 unspecified atom stereocenters. The lowest BCUT2D eigenvalue weighted by Gasteiger charge is -2.11. The summed E-state index contributed by atoms with van der Waals surface area (Å²) < 4.78 is 5.21. The summed E-state index contributed by atoms with van der Waals surface area (Å²) in [6.07, 6.45) is 2.28. The fourth-order valence-electron chi connectivity index (χ4n) is 2.46. The van der Waals surface area contributed by atoms with Crippen LogP contribution in [0.25, 0.3) is 22.3 Å². The molecule has 3 aromatic rings. The van der Waals surface area contributed by atoms with E-state index < -0.39 is 0 Å². The summed E-state index contributed by atoms with van der Waals surface area (Å²) in [7, 11) is 1.66. The number of rotatable bonds is 6. The Morgan fingerprint density at radius 1 is 1.00 bits per heavy atom. The van der Waals surface area contributed by atoms with E-state index in [2.05, 4.69) is 18.3 Å². The van der Waals surface area contributed by atoms with Gasteiger partial charge in [-0.15, -0.1) is 0 Å². The Morgan fingerprint density at radius 2 is 1.78 bits per heavy atom. The zero-order valence-electron chi connectivity index (χ0n) is 13.5. The first-order chi connectivity index (χ1) is 11.3. The van der Waals surface area contributed by atoms with Crippen LogP contribution in [0.1, 0.15) is 19.8 Å². The zero-order chi connectivity index (χ0) is 16.1. The van der Waals surface area contributed by atoms with E-state index in [4.69, 9.17) is 14.7 Å². The fourth-order valence-corrected chi connectivity index (χ4v) is 2.46. The second-order valence-corrected chi connectivity index (χ2v) is 5.42. The van der Waals surface area contributed by atoms with Crippen LogP contribution < -0.4 is 10.1 Å². The molecule has 0 aliphatic rings. The van der Waals surface area contributed by atoms with E-state index >= 15 is 0 Å². The van der Waals surface area contributed by atoms with E-state index in [9.17, 15) is 0 Å². The van der Waals surface area contributed by atoms with Gasteiger partial charge in [0, 0.05) is 17.5 Å². The second kappa shape index (κ2) is 7.09. The molecule has 0 bridgehead atoms. The lowest BCUT2D eigenvalue weighted by Crippen LogP contribution is -2.05. The molecule has 4 heteroatoms. The maximum Gasteiger partial charge on any atom is 0.162 e. The van der Waals surface area contributed by atoms with Gasteiger partial charge in [0.25, 0.3) is 0 Å². The third-order valence-corrected chi connectivity index (χ3v) is 3.77. The summed E-state index contributed by atoms with van der Waals surface area (Å²) in [5.74, 6) is 2.45. The molecule has 0 radical (unpaired) electrons. The van der Waals surface area contributed by atoms with Crippen LogP contribution in [-0.2, 0) is 0 Å². The largest absolute Gasteiger partial charge is 0.497 e. The summed E-state index contributed by atoms with van der Waals surface area (Å²) >= 11 is 0. The number of para-hydroxylation sites is 1. The number of ether oxygens (including phenoxy) is 1. The Balaban J connectivity index is 2.02. The lowest BCUT2D eigenvalue weighted by molar-refractivity contribution is 0.415. The van der Waals surface area contributed by atoms with Gasteiger partial charge in [0.05, 0.1) is 12.6 Å². The normalized spacial score (nSPS) is 10.7. The van der Waals surface area contributed by atoms with Crippen LogP contribution in [0.15, 0.2) is 48.5 Å². The number of methoxy groups -OCH3 is 1. The zero-order valence-corrected chi connectivity index (χ0v) is 13.5.